The number of carbonyl (C=O) groups is 1. The van der Waals surface area contributed by atoms with E-state index in [-0.39, 0.29) is 12.2 Å². The lowest BCUT2D eigenvalue weighted by Crippen LogP contribution is -2.29. The van der Waals surface area contributed by atoms with Gasteiger partial charge in [-0.15, -0.1) is 0 Å². The van der Waals surface area contributed by atoms with Crippen LogP contribution in [0.4, 0.5) is 5.69 Å². The van der Waals surface area contributed by atoms with Crippen molar-refractivity contribution < 1.29 is 19.2 Å². The molecule has 0 saturated heterocycles. The third kappa shape index (κ3) is 4.65. The average Bonchev–Trinajstić information content (AvgIpc) is 2.95. The number of furan rings is 1. The lowest BCUT2D eigenvalue weighted by atomic mass is 10.1. The Balaban J connectivity index is 2.15. The van der Waals surface area contributed by atoms with Crippen molar-refractivity contribution in [3.8, 4) is 11.3 Å². The van der Waals surface area contributed by atoms with Gasteiger partial charge in [0.15, 0.2) is 0 Å². The zero-order valence-electron chi connectivity index (χ0n) is 12.8. The molecule has 0 fully saturated rings. The molecule has 0 aliphatic heterocycles. The van der Waals surface area contributed by atoms with Gasteiger partial charge in [0.2, 0.25) is 0 Å². The highest BCUT2D eigenvalue weighted by molar-refractivity contribution is 5.69. The third-order valence-corrected chi connectivity index (χ3v) is 3.28. The van der Waals surface area contributed by atoms with Gasteiger partial charge in [-0.2, -0.15) is 0 Å². The number of hydrogen-bond donors (Lipinski definition) is 1. The molecule has 0 radical (unpaired) electrons. The van der Waals surface area contributed by atoms with E-state index >= 15 is 0 Å². The first-order valence-corrected chi connectivity index (χ1v) is 7.27. The smallest absolute Gasteiger partial charge is 0.317 e. The summed E-state index contributed by atoms with van der Waals surface area (Å²) in [6.45, 7) is 2.96. The summed E-state index contributed by atoms with van der Waals surface area (Å²) in [6.07, 6.45) is 0.839. The molecule has 7 heteroatoms. The quantitative estimate of drug-likeness (QED) is 0.593. The predicted octanol–water partition coefficient (Wildman–Crippen LogP) is 3.15. The predicted molar refractivity (Wildman–Crippen MR) is 84.0 cm³/mol. The fourth-order valence-electron chi connectivity index (χ4n) is 2.33. The molecular formula is C16H18N2O5. The van der Waals surface area contributed by atoms with E-state index in [2.05, 4.69) is 0 Å². The van der Waals surface area contributed by atoms with Gasteiger partial charge >= 0.3 is 5.97 Å². The lowest BCUT2D eigenvalue weighted by Gasteiger charge is -2.17. The van der Waals surface area contributed by atoms with Crippen molar-refractivity contribution >= 4 is 11.7 Å². The van der Waals surface area contributed by atoms with E-state index in [0.29, 0.717) is 30.2 Å². The normalized spacial score (nSPS) is 10.9. The van der Waals surface area contributed by atoms with Crippen molar-refractivity contribution in [3.05, 3.63) is 52.3 Å². The fraction of sp³-hybridized carbons (Fsp3) is 0.312. The third-order valence-electron chi connectivity index (χ3n) is 3.28. The van der Waals surface area contributed by atoms with Crippen LogP contribution < -0.4 is 0 Å². The number of rotatable bonds is 8. The number of aliphatic carboxylic acids is 1. The molecule has 7 nitrogen and oxygen atoms in total. The highest BCUT2D eigenvalue weighted by atomic mass is 16.6. The van der Waals surface area contributed by atoms with Gasteiger partial charge < -0.3 is 9.52 Å². The van der Waals surface area contributed by atoms with E-state index in [1.807, 2.05) is 6.92 Å². The fourth-order valence-corrected chi connectivity index (χ4v) is 2.33. The van der Waals surface area contributed by atoms with Crippen LogP contribution in [-0.2, 0) is 11.3 Å². The number of hydrogen-bond acceptors (Lipinski definition) is 5. The zero-order valence-corrected chi connectivity index (χ0v) is 12.8. The molecule has 1 N–H and O–H groups in total. The molecule has 0 amide bonds. The van der Waals surface area contributed by atoms with Crippen molar-refractivity contribution in [3.63, 3.8) is 0 Å². The van der Waals surface area contributed by atoms with Gasteiger partial charge in [0.25, 0.3) is 5.69 Å². The zero-order chi connectivity index (χ0) is 16.8. The first-order chi connectivity index (χ1) is 11.0. The highest BCUT2D eigenvalue weighted by Gasteiger charge is 2.14. The van der Waals surface area contributed by atoms with Crippen molar-refractivity contribution in [1.82, 2.24) is 4.90 Å². The van der Waals surface area contributed by atoms with Crippen LogP contribution in [0, 0.1) is 10.1 Å². The molecule has 1 heterocycles. The van der Waals surface area contributed by atoms with Gasteiger partial charge in [0, 0.05) is 17.7 Å². The van der Waals surface area contributed by atoms with Crippen LogP contribution in [0.1, 0.15) is 19.1 Å². The minimum absolute atomic E-state index is 0.000985. The molecule has 0 spiro atoms. The maximum atomic E-state index is 10.9. The van der Waals surface area contributed by atoms with E-state index in [0.717, 1.165) is 6.42 Å². The maximum absolute atomic E-state index is 10.9. The van der Waals surface area contributed by atoms with E-state index in [1.165, 1.54) is 12.1 Å². The summed E-state index contributed by atoms with van der Waals surface area (Å²) in [7, 11) is 0. The molecular weight excluding hydrogens is 300 g/mol. The SMILES string of the molecule is CCCN(CC(=O)O)Cc1ccc(-c2cccc([N+](=O)[O-])c2)o1. The first kappa shape index (κ1) is 16.7. The summed E-state index contributed by atoms with van der Waals surface area (Å²) in [4.78, 5) is 23.0. The Kier molecular flexibility index (Phi) is 5.48. The molecule has 0 atom stereocenters. The Hall–Kier alpha value is -2.67. The van der Waals surface area contributed by atoms with Crippen LogP contribution >= 0.6 is 0 Å². The van der Waals surface area contributed by atoms with E-state index in [1.54, 1.807) is 29.2 Å². The van der Waals surface area contributed by atoms with Crippen LogP contribution in [0.15, 0.2) is 40.8 Å². The van der Waals surface area contributed by atoms with Gasteiger partial charge in [-0.25, -0.2) is 0 Å². The number of nitro benzene ring substituents is 1. The average molecular weight is 318 g/mol. The molecule has 1 aromatic heterocycles. The van der Waals surface area contributed by atoms with Crippen LogP contribution in [0.5, 0.6) is 0 Å². The maximum Gasteiger partial charge on any atom is 0.317 e. The Morgan fingerprint density at radius 2 is 2.13 bits per heavy atom. The van der Waals surface area contributed by atoms with Crippen molar-refractivity contribution in [2.24, 2.45) is 0 Å². The Bertz CT molecular complexity index is 695. The van der Waals surface area contributed by atoms with E-state index < -0.39 is 10.9 Å². The highest BCUT2D eigenvalue weighted by Crippen LogP contribution is 2.26. The molecule has 0 aliphatic rings. The largest absolute Gasteiger partial charge is 0.480 e. The molecule has 0 aliphatic carbocycles. The standard InChI is InChI=1S/C16H18N2O5/c1-2-8-17(11-16(19)20)10-14-6-7-15(23-14)12-4-3-5-13(9-12)18(21)22/h3-7,9H,2,8,10-11H2,1H3,(H,19,20). The van der Waals surface area contributed by atoms with Crippen LogP contribution in [-0.4, -0.2) is 34.0 Å². The summed E-state index contributed by atoms with van der Waals surface area (Å²) in [5.74, 6) is 0.264. The van der Waals surface area contributed by atoms with Gasteiger partial charge in [-0.3, -0.25) is 19.8 Å². The van der Waals surface area contributed by atoms with Gasteiger partial charge in [-0.05, 0) is 25.1 Å². The van der Waals surface area contributed by atoms with Crippen molar-refractivity contribution in [2.45, 2.75) is 19.9 Å². The number of non-ortho nitro benzene ring substituents is 1. The molecule has 122 valence electrons. The summed E-state index contributed by atoms with van der Waals surface area (Å²) in [5.41, 5.74) is 0.615. The number of carboxylic acids is 1. The number of benzene rings is 1. The minimum Gasteiger partial charge on any atom is -0.480 e. The Morgan fingerprint density at radius 3 is 2.78 bits per heavy atom. The monoisotopic (exact) mass is 318 g/mol. The molecule has 0 bridgehead atoms. The van der Waals surface area contributed by atoms with Gasteiger partial charge in [-0.1, -0.05) is 19.1 Å². The lowest BCUT2D eigenvalue weighted by molar-refractivity contribution is -0.384. The Labute approximate surface area is 133 Å². The molecule has 2 aromatic rings. The van der Waals surface area contributed by atoms with Crippen LogP contribution in [0.2, 0.25) is 0 Å². The van der Waals surface area contributed by atoms with Gasteiger partial charge in [0.05, 0.1) is 18.0 Å². The minimum atomic E-state index is -0.885. The number of nitrogens with zero attached hydrogens (tertiary/aromatic N) is 2. The topological polar surface area (TPSA) is 96.8 Å². The van der Waals surface area contributed by atoms with Crippen LogP contribution in [0.3, 0.4) is 0 Å². The Morgan fingerprint density at radius 1 is 1.35 bits per heavy atom. The summed E-state index contributed by atoms with van der Waals surface area (Å²) in [6, 6.07) is 9.70. The molecule has 0 saturated carbocycles. The summed E-state index contributed by atoms with van der Waals surface area (Å²) >= 11 is 0. The van der Waals surface area contributed by atoms with Crippen molar-refractivity contribution in [2.75, 3.05) is 13.1 Å². The number of carboxylic acid groups (broad SMARTS) is 1. The van der Waals surface area contributed by atoms with E-state index in [9.17, 15) is 14.9 Å². The molecule has 23 heavy (non-hydrogen) atoms. The molecule has 1 aromatic carbocycles. The second-order valence-corrected chi connectivity index (χ2v) is 5.18. The summed E-state index contributed by atoms with van der Waals surface area (Å²) in [5, 5.41) is 19.7. The first-order valence-electron chi connectivity index (χ1n) is 7.27. The van der Waals surface area contributed by atoms with Crippen molar-refractivity contribution in [1.29, 1.82) is 0 Å². The summed E-state index contributed by atoms with van der Waals surface area (Å²) < 4.78 is 5.71. The molecule has 0 unspecified atom stereocenters. The van der Waals surface area contributed by atoms with E-state index in [4.69, 9.17) is 9.52 Å². The second-order valence-electron chi connectivity index (χ2n) is 5.18. The van der Waals surface area contributed by atoms with Gasteiger partial charge in [0.1, 0.15) is 11.5 Å². The molecule has 2 rings (SSSR count). The van der Waals surface area contributed by atoms with Crippen LogP contribution in [0.25, 0.3) is 11.3 Å². The second kappa shape index (κ2) is 7.55. The number of nitro groups is 1.